The van der Waals surface area contributed by atoms with Crippen LogP contribution in [0.2, 0.25) is 15.1 Å². The van der Waals surface area contributed by atoms with Crippen molar-refractivity contribution in [3.8, 4) is 5.88 Å². The summed E-state index contributed by atoms with van der Waals surface area (Å²) < 4.78 is 11.2. The quantitative estimate of drug-likeness (QED) is 0.354. The summed E-state index contributed by atoms with van der Waals surface area (Å²) in [5.41, 5.74) is 2.33. The van der Waals surface area contributed by atoms with E-state index in [1.807, 2.05) is 24.3 Å². The average Bonchev–Trinajstić information content (AvgIpc) is 2.96. The highest BCUT2D eigenvalue weighted by Gasteiger charge is 2.30. The third-order valence-electron chi connectivity index (χ3n) is 5.30. The van der Waals surface area contributed by atoms with Crippen LogP contribution in [-0.4, -0.2) is 48.9 Å². The highest BCUT2D eigenvalue weighted by molar-refractivity contribution is 9.10. The molecule has 4 rings (SSSR count). The number of halogens is 4. The number of methoxy groups -OCH3 is 1. The number of fused-ring (bicyclic) bond motifs is 1. The molecule has 0 radical (unpaired) electrons. The number of aliphatic imine (C=N–C) groups is 1. The second-order valence-corrected chi connectivity index (χ2v) is 9.91. The van der Waals surface area contributed by atoms with Crippen molar-refractivity contribution in [3.63, 3.8) is 0 Å². The number of hydrogen-bond acceptors (Lipinski definition) is 6. The molecule has 36 heavy (non-hydrogen) atoms. The number of pyridine rings is 1. The van der Waals surface area contributed by atoms with Gasteiger partial charge in [-0.2, -0.15) is 0 Å². The van der Waals surface area contributed by atoms with Crippen molar-refractivity contribution in [2.24, 2.45) is 4.99 Å². The fraction of sp³-hybridized carbons (Fsp3) is 0.200. The van der Waals surface area contributed by atoms with Gasteiger partial charge in [0.1, 0.15) is 12.2 Å². The van der Waals surface area contributed by atoms with Crippen molar-refractivity contribution >= 4 is 68.1 Å². The number of benzene rings is 2. The first-order valence-corrected chi connectivity index (χ1v) is 12.6. The third-order valence-corrected chi connectivity index (χ3v) is 6.55. The van der Waals surface area contributed by atoms with Gasteiger partial charge in [0.2, 0.25) is 5.88 Å². The summed E-state index contributed by atoms with van der Waals surface area (Å²) in [6.07, 6.45) is 0.339. The number of amides is 1. The van der Waals surface area contributed by atoms with E-state index in [0.717, 1.165) is 5.56 Å². The van der Waals surface area contributed by atoms with Gasteiger partial charge in [-0.25, -0.2) is 4.98 Å². The highest BCUT2D eigenvalue weighted by atomic mass is 79.9. The largest absolute Gasteiger partial charge is 0.475 e. The Kier molecular flexibility index (Phi) is 8.64. The molecule has 7 nitrogen and oxygen atoms in total. The summed E-state index contributed by atoms with van der Waals surface area (Å²) >= 11 is 22.4. The standard InChI is InChI=1S/C25H19BrCl3N3O4/c1-35-6-7-36-25-17(9-14(26)12-30-25)24(34)32-23-20(33)8-13-4-2-3-5-16(13)22(31-23)21-18(28)10-15(27)11-19(21)29/h2-5,9-12,23H,6-8H2,1H3,(H,32,34). The number of ketones is 1. The van der Waals surface area contributed by atoms with Crippen LogP contribution >= 0.6 is 50.7 Å². The van der Waals surface area contributed by atoms with Gasteiger partial charge in [0.05, 0.1) is 22.4 Å². The van der Waals surface area contributed by atoms with E-state index in [4.69, 9.17) is 44.3 Å². The summed E-state index contributed by atoms with van der Waals surface area (Å²) in [7, 11) is 1.54. The second kappa shape index (κ2) is 11.7. The van der Waals surface area contributed by atoms with Crippen molar-refractivity contribution in [2.75, 3.05) is 20.3 Å². The van der Waals surface area contributed by atoms with Crippen LogP contribution in [0.25, 0.3) is 0 Å². The van der Waals surface area contributed by atoms with Gasteiger partial charge in [-0.1, -0.05) is 59.1 Å². The van der Waals surface area contributed by atoms with Crippen LogP contribution in [0.1, 0.15) is 27.0 Å². The molecule has 1 unspecified atom stereocenters. The van der Waals surface area contributed by atoms with Crippen molar-refractivity contribution in [1.82, 2.24) is 10.3 Å². The number of aromatic nitrogens is 1. The molecule has 2 heterocycles. The summed E-state index contributed by atoms with van der Waals surface area (Å²) in [5, 5.41) is 3.61. The topological polar surface area (TPSA) is 89.9 Å². The minimum absolute atomic E-state index is 0.0465. The number of ether oxygens (including phenoxy) is 2. The summed E-state index contributed by atoms with van der Waals surface area (Å²) in [6, 6.07) is 11.9. The van der Waals surface area contributed by atoms with E-state index in [2.05, 4.69) is 31.2 Å². The van der Waals surface area contributed by atoms with Gasteiger partial charge < -0.3 is 14.8 Å². The van der Waals surface area contributed by atoms with E-state index in [9.17, 15) is 9.59 Å². The second-order valence-electron chi connectivity index (χ2n) is 7.75. The van der Waals surface area contributed by atoms with Gasteiger partial charge in [0.25, 0.3) is 5.91 Å². The van der Waals surface area contributed by atoms with Gasteiger partial charge in [0, 0.05) is 40.3 Å². The first-order chi connectivity index (χ1) is 17.3. The molecular weight excluding hydrogens is 593 g/mol. The molecule has 0 bridgehead atoms. The Morgan fingerprint density at radius 3 is 2.58 bits per heavy atom. The van der Waals surface area contributed by atoms with Crippen molar-refractivity contribution in [3.05, 3.63) is 90.5 Å². The molecule has 186 valence electrons. The lowest BCUT2D eigenvalue weighted by Crippen LogP contribution is -2.40. The highest BCUT2D eigenvalue weighted by Crippen LogP contribution is 2.33. The monoisotopic (exact) mass is 609 g/mol. The number of carbonyl (C=O) groups excluding carboxylic acids is 2. The molecule has 1 aliphatic heterocycles. The molecule has 0 spiro atoms. The number of hydrogen-bond donors (Lipinski definition) is 1. The Hall–Kier alpha value is -2.49. The van der Waals surface area contributed by atoms with Crippen LogP contribution in [0.15, 0.2) is 58.1 Å². The molecule has 0 aliphatic carbocycles. The van der Waals surface area contributed by atoms with Gasteiger partial charge in [-0.3, -0.25) is 14.6 Å². The minimum Gasteiger partial charge on any atom is -0.475 e. The molecule has 1 amide bonds. The van der Waals surface area contributed by atoms with Gasteiger partial charge in [-0.05, 0) is 39.7 Å². The van der Waals surface area contributed by atoms with Crippen LogP contribution in [0.5, 0.6) is 5.88 Å². The first-order valence-electron chi connectivity index (χ1n) is 10.7. The fourth-order valence-electron chi connectivity index (χ4n) is 3.67. The Balaban J connectivity index is 1.75. The summed E-state index contributed by atoms with van der Waals surface area (Å²) in [6.45, 7) is 0.507. The lowest BCUT2D eigenvalue weighted by molar-refractivity contribution is -0.120. The average molecular weight is 612 g/mol. The molecule has 0 saturated carbocycles. The normalized spacial score (nSPS) is 15.1. The van der Waals surface area contributed by atoms with Crippen LogP contribution in [0.3, 0.4) is 0 Å². The van der Waals surface area contributed by atoms with E-state index in [1.165, 1.54) is 13.3 Å². The Bertz CT molecular complexity index is 1340. The number of nitrogens with one attached hydrogen (secondary N) is 1. The van der Waals surface area contributed by atoms with E-state index in [1.54, 1.807) is 18.2 Å². The van der Waals surface area contributed by atoms with Crippen LogP contribution in [-0.2, 0) is 16.0 Å². The maximum atomic E-state index is 13.3. The zero-order valence-corrected chi connectivity index (χ0v) is 22.7. The van der Waals surface area contributed by atoms with E-state index >= 15 is 0 Å². The molecular formula is C25H19BrCl3N3O4. The zero-order valence-electron chi connectivity index (χ0n) is 18.9. The van der Waals surface area contributed by atoms with Gasteiger partial charge >= 0.3 is 0 Å². The predicted octanol–water partition coefficient (Wildman–Crippen LogP) is 5.55. The number of Topliss-reactive ketones (excluding diaryl/α,β-unsaturated/α-hetero) is 1. The molecule has 2 aromatic carbocycles. The number of nitrogens with zero attached hydrogens (tertiary/aromatic N) is 2. The van der Waals surface area contributed by atoms with E-state index < -0.39 is 12.1 Å². The molecule has 11 heteroatoms. The summed E-state index contributed by atoms with van der Waals surface area (Å²) in [4.78, 5) is 35.3. The Morgan fingerprint density at radius 1 is 1.14 bits per heavy atom. The molecule has 3 aromatic rings. The first kappa shape index (κ1) is 26.6. The van der Waals surface area contributed by atoms with Crippen LogP contribution in [0, 0.1) is 0 Å². The summed E-state index contributed by atoms with van der Waals surface area (Å²) in [5.74, 6) is -0.793. The van der Waals surface area contributed by atoms with E-state index in [0.29, 0.717) is 32.9 Å². The fourth-order valence-corrected chi connectivity index (χ4v) is 5.00. The van der Waals surface area contributed by atoms with Gasteiger partial charge in [0.15, 0.2) is 11.9 Å². The van der Waals surface area contributed by atoms with Crippen LogP contribution < -0.4 is 10.1 Å². The van der Waals surface area contributed by atoms with Gasteiger partial charge in [-0.15, -0.1) is 0 Å². The third kappa shape index (κ3) is 5.90. The molecule has 0 saturated heterocycles. The molecule has 1 aromatic heterocycles. The molecule has 0 fully saturated rings. The van der Waals surface area contributed by atoms with Crippen molar-refractivity contribution < 1.29 is 19.1 Å². The number of rotatable bonds is 7. The smallest absolute Gasteiger partial charge is 0.258 e. The van der Waals surface area contributed by atoms with Crippen molar-refractivity contribution in [2.45, 2.75) is 12.6 Å². The van der Waals surface area contributed by atoms with Crippen molar-refractivity contribution in [1.29, 1.82) is 0 Å². The zero-order chi connectivity index (χ0) is 25.8. The molecule has 1 atom stereocenters. The predicted molar refractivity (Wildman–Crippen MR) is 143 cm³/mol. The lowest BCUT2D eigenvalue weighted by Gasteiger charge is -2.16. The Labute approximate surface area is 230 Å². The van der Waals surface area contributed by atoms with Crippen LogP contribution in [0.4, 0.5) is 0 Å². The molecule has 1 aliphatic rings. The maximum Gasteiger partial charge on any atom is 0.258 e. The SMILES string of the molecule is COCCOc1ncc(Br)cc1C(=O)NC1N=C(c2c(Cl)cc(Cl)cc2Cl)c2ccccc2CC1=O. The Morgan fingerprint density at radius 2 is 1.86 bits per heavy atom. The molecule has 1 N–H and O–H groups in total. The minimum atomic E-state index is -1.21. The van der Waals surface area contributed by atoms with E-state index in [-0.39, 0.29) is 40.3 Å². The maximum absolute atomic E-state index is 13.3. The number of carbonyl (C=O) groups is 2. The lowest BCUT2D eigenvalue weighted by atomic mass is 9.96.